The van der Waals surface area contributed by atoms with Crippen molar-refractivity contribution in [3.8, 4) is 0 Å². The van der Waals surface area contributed by atoms with E-state index in [2.05, 4.69) is 17.4 Å². The van der Waals surface area contributed by atoms with Crippen LogP contribution >= 0.6 is 0 Å². The Hall–Kier alpha value is -2.62. The summed E-state index contributed by atoms with van der Waals surface area (Å²) in [4.78, 5) is 26.9. The fraction of sp³-hybridized carbons (Fsp3) is 0.364. The summed E-state index contributed by atoms with van der Waals surface area (Å²) in [5, 5.41) is 3.18. The fourth-order valence-electron chi connectivity index (χ4n) is 4.05. The predicted molar refractivity (Wildman–Crippen MR) is 101 cm³/mol. The van der Waals surface area contributed by atoms with Gasteiger partial charge in [-0.2, -0.15) is 0 Å². The Labute approximate surface area is 154 Å². The van der Waals surface area contributed by atoms with E-state index in [0.717, 1.165) is 18.4 Å². The van der Waals surface area contributed by atoms with Gasteiger partial charge < -0.3 is 10.2 Å². The first-order valence-electron chi connectivity index (χ1n) is 9.32. The van der Waals surface area contributed by atoms with E-state index in [-0.39, 0.29) is 23.9 Å². The lowest BCUT2D eigenvalue weighted by Crippen LogP contribution is -2.48. The molecule has 134 valence electrons. The zero-order valence-corrected chi connectivity index (χ0v) is 15.1. The lowest BCUT2D eigenvalue weighted by Gasteiger charge is -2.25. The third-order valence-electron chi connectivity index (χ3n) is 5.50. The molecule has 1 N–H and O–H groups in total. The molecule has 1 fully saturated rings. The van der Waals surface area contributed by atoms with Gasteiger partial charge in [0.15, 0.2) is 0 Å². The second-order valence-electron chi connectivity index (χ2n) is 7.44. The van der Waals surface area contributed by atoms with E-state index in [4.69, 9.17) is 0 Å². The molecule has 4 nitrogen and oxygen atoms in total. The number of hydrogen-bond donors (Lipinski definition) is 1. The smallest absolute Gasteiger partial charge is 0.243 e. The Morgan fingerprint density at radius 1 is 1.08 bits per heavy atom. The van der Waals surface area contributed by atoms with Gasteiger partial charge in [-0.1, -0.05) is 54.1 Å². The van der Waals surface area contributed by atoms with Crippen molar-refractivity contribution in [2.45, 2.75) is 51.2 Å². The first kappa shape index (κ1) is 16.8. The monoisotopic (exact) mass is 348 g/mol. The third-order valence-corrected chi connectivity index (χ3v) is 5.50. The molecular weight excluding hydrogens is 324 g/mol. The summed E-state index contributed by atoms with van der Waals surface area (Å²) in [6, 6.07) is 16.3. The molecule has 1 atom stereocenters. The van der Waals surface area contributed by atoms with E-state index in [0.29, 0.717) is 19.4 Å². The summed E-state index contributed by atoms with van der Waals surface area (Å²) in [7, 11) is 0. The van der Waals surface area contributed by atoms with Gasteiger partial charge >= 0.3 is 0 Å². The summed E-state index contributed by atoms with van der Waals surface area (Å²) in [6.45, 7) is 2.54. The van der Waals surface area contributed by atoms with Gasteiger partial charge in [0.1, 0.15) is 6.04 Å². The highest BCUT2D eigenvalue weighted by Crippen LogP contribution is 2.25. The van der Waals surface area contributed by atoms with Crippen LogP contribution in [0.4, 0.5) is 0 Å². The van der Waals surface area contributed by atoms with Crippen LogP contribution in [-0.2, 0) is 29.0 Å². The minimum Gasteiger partial charge on any atom is -0.351 e. The zero-order chi connectivity index (χ0) is 18.1. The molecule has 4 heteroatoms. The molecular formula is C22H24N2O2. The second kappa shape index (κ2) is 6.94. The maximum absolute atomic E-state index is 12.8. The summed E-state index contributed by atoms with van der Waals surface area (Å²) >= 11 is 0. The molecule has 0 saturated carbocycles. The molecule has 1 heterocycles. The van der Waals surface area contributed by atoms with Crippen LogP contribution in [0.2, 0.25) is 0 Å². The van der Waals surface area contributed by atoms with Gasteiger partial charge in [0.2, 0.25) is 11.8 Å². The molecule has 26 heavy (non-hydrogen) atoms. The van der Waals surface area contributed by atoms with Crippen molar-refractivity contribution in [1.82, 2.24) is 10.2 Å². The van der Waals surface area contributed by atoms with Crippen molar-refractivity contribution in [3.05, 3.63) is 70.8 Å². The Morgan fingerprint density at radius 2 is 1.73 bits per heavy atom. The van der Waals surface area contributed by atoms with E-state index < -0.39 is 0 Å². The molecule has 0 radical (unpaired) electrons. The van der Waals surface area contributed by atoms with Gasteiger partial charge in [0.05, 0.1) is 0 Å². The number of hydrogen-bond acceptors (Lipinski definition) is 2. The second-order valence-corrected chi connectivity index (χ2v) is 7.44. The largest absolute Gasteiger partial charge is 0.351 e. The molecule has 1 aliphatic carbocycles. The topological polar surface area (TPSA) is 49.4 Å². The van der Waals surface area contributed by atoms with E-state index in [1.54, 1.807) is 4.90 Å². The lowest BCUT2D eigenvalue weighted by molar-refractivity contribution is -0.136. The number of nitrogens with one attached hydrogen (secondary N) is 1. The molecule has 1 unspecified atom stereocenters. The van der Waals surface area contributed by atoms with Crippen LogP contribution in [0.3, 0.4) is 0 Å². The first-order valence-corrected chi connectivity index (χ1v) is 9.32. The predicted octanol–water partition coefficient (Wildman–Crippen LogP) is 2.77. The van der Waals surface area contributed by atoms with Gasteiger partial charge in [-0.05, 0) is 42.9 Å². The number of carbonyl (C=O) groups is 2. The van der Waals surface area contributed by atoms with Crippen LogP contribution in [0.5, 0.6) is 0 Å². The highest BCUT2D eigenvalue weighted by atomic mass is 16.2. The number of aryl methyl sites for hydroxylation is 1. The first-order chi connectivity index (χ1) is 12.6. The lowest BCUT2D eigenvalue weighted by atomic mass is 10.1. The Balaban J connectivity index is 1.41. The van der Waals surface area contributed by atoms with E-state index in [9.17, 15) is 9.59 Å². The van der Waals surface area contributed by atoms with Gasteiger partial charge in [0, 0.05) is 19.0 Å². The molecule has 2 aromatic rings. The quantitative estimate of drug-likeness (QED) is 0.924. The molecule has 4 rings (SSSR count). The van der Waals surface area contributed by atoms with Crippen LogP contribution in [0.1, 0.15) is 35.1 Å². The average Bonchev–Trinajstić information content (AvgIpc) is 3.20. The molecule has 1 aliphatic heterocycles. The Morgan fingerprint density at radius 3 is 2.38 bits per heavy atom. The number of nitrogens with zero attached hydrogens (tertiary/aromatic N) is 1. The minimum absolute atomic E-state index is 0.0132. The average molecular weight is 348 g/mol. The van der Waals surface area contributed by atoms with Crippen LogP contribution in [-0.4, -0.2) is 28.8 Å². The molecule has 2 amide bonds. The molecule has 2 aliphatic rings. The van der Waals surface area contributed by atoms with Crippen molar-refractivity contribution in [2.75, 3.05) is 0 Å². The van der Waals surface area contributed by atoms with E-state index in [1.165, 1.54) is 16.7 Å². The van der Waals surface area contributed by atoms with E-state index in [1.807, 2.05) is 43.3 Å². The van der Waals surface area contributed by atoms with Gasteiger partial charge in [-0.25, -0.2) is 0 Å². The normalized spacial score (nSPS) is 19.7. The summed E-state index contributed by atoms with van der Waals surface area (Å²) in [5.41, 5.74) is 4.89. The molecule has 2 aromatic carbocycles. The van der Waals surface area contributed by atoms with Crippen molar-refractivity contribution in [3.63, 3.8) is 0 Å². The number of fused-ring (bicyclic) bond motifs is 1. The number of benzene rings is 2. The van der Waals surface area contributed by atoms with Crippen LogP contribution in [0.25, 0.3) is 0 Å². The van der Waals surface area contributed by atoms with Crippen molar-refractivity contribution >= 4 is 11.8 Å². The van der Waals surface area contributed by atoms with Gasteiger partial charge in [-0.3, -0.25) is 9.59 Å². The molecule has 0 aromatic heterocycles. The van der Waals surface area contributed by atoms with E-state index >= 15 is 0 Å². The number of carbonyl (C=O) groups excluding carboxylic acids is 2. The van der Waals surface area contributed by atoms with Crippen molar-refractivity contribution in [2.24, 2.45) is 0 Å². The summed E-state index contributed by atoms with van der Waals surface area (Å²) in [5.74, 6) is 0.0567. The van der Waals surface area contributed by atoms with Crippen LogP contribution in [0.15, 0.2) is 48.5 Å². The van der Waals surface area contributed by atoms with Gasteiger partial charge in [0.25, 0.3) is 0 Å². The number of amides is 2. The Kier molecular flexibility index (Phi) is 4.49. The summed E-state index contributed by atoms with van der Waals surface area (Å²) < 4.78 is 0. The van der Waals surface area contributed by atoms with Crippen molar-refractivity contribution < 1.29 is 9.59 Å². The number of likely N-dealkylation sites (tertiary alicyclic amines) is 1. The number of rotatable bonds is 4. The standard InChI is InChI=1S/C22H24N2O2/c1-15-6-8-16(9-7-15)14-24-20(10-11-21(24)25)22(26)23-19-12-17-4-2-3-5-18(17)13-19/h2-9,19-20H,10-14H2,1H3,(H,23,26). The molecule has 1 saturated heterocycles. The third kappa shape index (κ3) is 3.36. The Bertz CT molecular complexity index is 803. The molecule has 0 spiro atoms. The molecule has 0 bridgehead atoms. The van der Waals surface area contributed by atoms with Crippen molar-refractivity contribution in [1.29, 1.82) is 0 Å². The zero-order valence-electron chi connectivity index (χ0n) is 15.1. The fourth-order valence-corrected chi connectivity index (χ4v) is 4.05. The van der Waals surface area contributed by atoms with Crippen LogP contribution in [0, 0.1) is 6.92 Å². The summed E-state index contributed by atoms with van der Waals surface area (Å²) in [6.07, 6.45) is 2.81. The van der Waals surface area contributed by atoms with Gasteiger partial charge in [-0.15, -0.1) is 0 Å². The highest BCUT2D eigenvalue weighted by molar-refractivity contribution is 5.91. The SMILES string of the molecule is Cc1ccc(CN2C(=O)CCC2C(=O)NC2Cc3ccccc3C2)cc1. The maximum atomic E-state index is 12.8. The maximum Gasteiger partial charge on any atom is 0.243 e. The van der Waals surface area contributed by atoms with Crippen LogP contribution < -0.4 is 5.32 Å². The minimum atomic E-state index is -0.354. The highest BCUT2D eigenvalue weighted by Gasteiger charge is 2.37.